The van der Waals surface area contributed by atoms with E-state index in [2.05, 4.69) is 15.7 Å². The van der Waals surface area contributed by atoms with Crippen LogP contribution in [0.5, 0.6) is 5.75 Å². The normalized spacial score (nSPS) is 10.2. The van der Waals surface area contributed by atoms with Crippen molar-refractivity contribution in [1.29, 1.82) is 0 Å². The van der Waals surface area contributed by atoms with Gasteiger partial charge in [-0.15, -0.1) is 0 Å². The van der Waals surface area contributed by atoms with E-state index < -0.39 is 5.56 Å². The Morgan fingerprint density at radius 2 is 1.96 bits per heavy atom. The highest BCUT2D eigenvalue weighted by Gasteiger charge is 2.05. The number of H-pyrrole nitrogens is 1. The standard InChI is InChI=1S/C17H20N4O5/c1-2-14(22)19-12-4-3-5-13(10-12)26-11-16(24)18-8-9-21-17(25)7-6-15(23)20-21/h3-7,10H,2,8-9,11H2,1H3,(H,18,24)(H,19,22)(H,20,23). The number of benzene rings is 1. The van der Waals surface area contributed by atoms with E-state index in [0.717, 1.165) is 16.8 Å². The maximum atomic E-state index is 11.8. The van der Waals surface area contributed by atoms with Crippen LogP contribution in [0, 0.1) is 0 Å². The van der Waals surface area contributed by atoms with Crippen molar-refractivity contribution >= 4 is 17.5 Å². The molecular formula is C17H20N4O5. The van der Waals surface area contributed by atoms with Crippen LogP contribution in [0.25, 0.3) is 0 Å². The van der Waals surface area contributed by atoms with Crippen molar-refractivity contribution in [2.45, 2.75) is 19.9 Å². The van der Waals surface area contributed by atoms with Gasteiger partial charge in [-0.1, -0.05) is 13.0 Å². The Morgan fingerprint density at radius 3 is 2.73 bits per heavy atom. The summed E-state index contributed by atoms with van der Waals surface area (Å²) in [6.45, 7) is 1.83. The van der Waals surface area contributed by atoms with Crippen LogP contribution in [0.3, 0.4) is 0 Å². The quantitative estimate of drug-likeness (QED) is 0.615. The number of amides is 2. The number of aromatic amines is 1. The first kappa shape index (κ1) is 19.0. The highest BCUT2D eigenvalue weighted by molar-refractivity contribution is 5.90. The summed E-state index contributed by atoms with van der Waals surface area (Å²) < 4.78 is 6.49. The molecule has 1 heterocycles. The van der Waals surface area contributed by atoms with E-state index in [0.29, 0.717) is 17.9 Å². The third-order valence-corrected chi connectivity index (χ3v) is 3.35. The summed E-state index contributed by atoms with van der Waals surface area (Å²) >= 11 is 0. The Kier molecular flexibility index (Phi) is 6.72. The van der Waals surface area contributed by atoms with Crippen LogP contribution in [-0.4, -0.2) is 34.7 Å². The summed E-state index contributed by atoms with van der Waals surface area (Å²) in [5.41, 5.74) is -0.169. The molecule has 3 N–H and O–H groups in total. The first-order valence-corrected chi connectivity index (χ1v) is 8.07. The van der Waals surface area contributed by atoms with Gasteiger partial charge >= 0.3 is 0 Å². The van der Waals surface area contributed by atoms with Gasteiger partial charge < -0.3 is 15.4 Å². The fraction of sp³-hybridized carbons (Fsp3) is 0.294. The molecule has 0 aliphatic carbocycles. The summed E-state index contributed by atoms with van der Waals surface area (Å²) in [4.78, 5) is 45.9. The van der Waals surface area contributed by atoms with Crippen molar-refractivity contribution in [3.05, 3.63) is 57.1 Å². The summed E-state index contributed by atoms with van der Waals surface area (Å²) in [5, 5.41) is 7.65. The second-order valence-electron chi connectivity index (χ2n) is 5.37. The molecule has 2 amide bonds. The largest absolute Gasteiger partial charge is 0.484 e. The average Bonchev–Trinajstić information content (AvgIpc) is 2.63. The van der Waals surface area contributed by atoms with E-state index in [1.807, 2.05) is 0 Å². The molecule has 1 aromatic heterocycles. The lowest BCUT2D eigenvalue weighted by Gasteiger charge is -2.10. The summed E-state index contributed by atoms with van der Waals surface area (Å²) in [5.74, 6) is -0.0499. The van der Waals surface area contributed by atoms with Gasteiger partial charge in [-0.2, -0.15) is 0 Å². The predicted octanol–water partition coefficient (Wildman–Crippen LogP) is 0.0803. The van der Waals surface area contributed by atoms with E-state index in [9.17, 15) is 19.2 Å². The van der Waals surface area contributed by atoms with Crippen LogP contribution in [0.4, 0.5) is 5.69 Å². The molecular weight excluding hydrogens is 340 g/mol. The number of hydrogen-bond donors (Lipinski definition) is 3. The number of nitrogens with zero attached hydrogens (tertiary/aromatic N) is 1. The second kappa shape index (κ2) is 9.21. The number of nitrogens with one attached hydrogen (secondary N) is 3. The highest BCUT2D eigenvalue weighted by Crippen LogP contribution is 2.17. The van der Waals surface area contributed by atoms with Crippen molar-refractivity contribution in [2.24, 2.45) is 0 Å². The molecule has 2 aromatic rings. The maximum absolute atomic E-state index is 11.8. The van der Waals surface area contributed by atoms with Gasteiger partial charge in [0, 0.05) is 36.9 Å². The Morgan fingerprint density at radius 1 is 1.15 bits per heavy atom. The fourth-order valence-electron chi connectivity index (χ4n) is 2.05. The average molecular weight is 360 g/mol. The van der Waals surface area contributed by atoms with E-state index in [-0.39, 0.29) is 37.1 Å². The lowest BCUT2D eigenvalue weighted by molar-refractivity contribution is -0.123. The van der Waals surface area contributed by atoms with Gasteiger partial charge in [0.05, 0.1) is 6.54 Å². The van der Waals surface area contributed by atoms with Gasteiger partial charge in [0.1, 0.15) is 5.75 Å². The third-order valence-electron chi connectivity index (χ3n) is 3.35. The van der Waals surface area contributed by atoms with Gasteiger partial charge in [0.2, 0.25) is 5.91 Å². The Bertz CT molecular complexity index is 887. The molecule has 0 fully saturated rings. The minimum atomic E-state index is -0.394. The first-order chi connectivity index (χ1) is 12.5. The van der Waals surface area contributed by atoms with Crippen LogP contribution in [0.1, 0.15) is 13.3 Å². The molecule has 0 bridgehead atoms. The number of rotatable bonds is 8. The molecule has 9 nitrogen and oxygen atoms in total. The van der Waals surface area contributed by atoms with Crippen molar-refractivity contribution in [3.63, 3.8) is 0 Å². The molecule has 0 aliphatic rings. The molecule has 0 atom stereocenters. The van der Waals surface area contributed by atoms with Crippen molar-refractivity contribution in [2.75, 3.05) is 18.5 Å². The molecule has 9 heteroatoms. The highest BCUT2D eigenvalue weighted by atomic mass is 16.5. The molecule has 1 aromatic carbocycles. The van der Waals surface area contributed by atoms with Gasteiger partial charge in [-0.05, 0) is 12.1 Å². The summed E-state index contributed by atoms with van der Waals surface area (Å²) in [7, 11) is 0. The smallest absolute Gasteiger partial charge is 0.265 e. The van der Waals surface area contributed by atoms with Crippen molar-refractivity contribution < 1.29 is 14.3 Å². The molecule has 26 heavy (non-hydrogen) atoms. The zero-order chi connectivity index (χ0) is 18.9. The van der Waals surface area contributed by atoms with Crippen molar-refractivity contribution in [1.82, 2.24) is 15.1 Å². The Labute approximate surface area is 149 Å². The van der Waals surface area contributed by atoms with Crippen LogP contribution in [0.2, 0.25) is 0 Å². The number of ether oxygens (including phenoxy) is 1. The lowest BCUT2D eigenvalue weighted by Crippen LogP contribution is -2.36. The minimum absolute atomic E-state index is 0.117. The molecule has 0 saturated heterocycles. The van der Waals surface area contributed by atoms with Crippen LogP contribution in [-0.2, 0) is 16.1 Å². The number of hydrogen-bond acceptors (Lipinski definition) is 5. The maximum Gasteiger partial charge on any atom is 0.265 e. The van der Waals surface area contributed by atoms with Gasteiger partial charge in [-0.3, -0.25) is 24.3 Å². The van der Waals surface area contributed by atoms with E-state index in [4.69, 9.17) is 4.74 Å². The summed E-state index contributed by atoms with van der Waals surface area (Å²) in [6, 6.07) is 9.02. The molecule has 0 saturated carbocycles. The zero-order valence-electron chi connectivity index (χ0n) is 14.3. The molecule has 0 radical (unpaired) electrons. The molecule has 2 rings (SSSR count). The van der Waals surface area contributed by atoms with Crippen LogP contribution < -0.4 is 26.5 Å². The van der Waals surface area contributed by atoms with Gasteiger partial charge in [0.15, 0.2) is 6.61 Å². The van der Waals surface area contributed by atoms with Gasteiger partial charge in [-0.25, -0.2) is 4.68 Å². The Hall–Kier alpha value is -3.36. The summed E-state index contributed by atoms with van der Waals surface area (Å²) in [6.07, 6.45) is 0.364. The zero-order valence-corrected chi connectivity index (χ0v) is 14.3. The Balaban J connectivity index is 1.79. The third kappa shape index (κ3) is 5.93. The molecule has 0 spiro atoms. The SMILES string of the molecule is CCC(=O)Nc1cccc(OCC(=O)NCCn2[nH]c(=O)ccc2=O)c1. The van der Waals surface area contributed by atoms with E-state index in [1.54, 1.807) is 31.2 Å². The van der Waals surface area contributed by atoms with E-state index in [1.165, 1.54) is 0 Å². The van der Waals surface area contributed by atoms with Gasteiger partial charge in [0.25, 0.3) is 17.0 Å². The van der Waals surface area contributed by atoms with E-state index >= 15 is 0 Å². The number of anilines is 1. The fourth-order valence-corrected chi connectivity index (χ4v) is 2.05. The monoisotopic (exact) mass is 360 g/mol. The van der Waals surface area contributed by atoms with Crippen LogP contribution in [0.15, 0.2) is 46.0 Å². The topological polar surface area (TPSA) is 122 Å². The first-order valence-electron chi connectivity index (χ1n) is 8.07. The molecule has 0 unspecified atom stereocenters. The minimum Gasteiger partial charge on any atom is -0.484 e. The lowest BCUT2D eigenvalue weighted by atomic mass is 10.3. The van der Waals surface area contributed by atoms with Crippen LogP contribution >= 0.6 is 0 Å². The van der Waals surface area contributed by atoms with Crippen molar-refractivity contribution in [3.8, 4) is 5.75 Å². The number of carbonyl (C=O) groups excluding carboxylic acids is 2. The number of aromatic nitrogens is 2. The number of carbonyl (C=O) groups is 2. The predicted molar refractivity (Wildman–Crippen MR) is 95.2 cm³/mol. The molecule has 138 valence electrons. The molecule has 0 aliphatic heterocycles. The second-order valence-corrected chi connectivity index (χ2v) is 5.37.